The summed E-state index contributed by atoms with van der Waals surface area (Å²) >= 11 is 0. The van der Waals surface area contributed by atoms with E-state index >= 15 is 0 Å². The summed E-state index contributed by atoms with van der Waals surface area (Å²) in [4.78, 5) is 41.7. The van der Waals surface area contributed by atoms with Crippen molar-refractivity contribution < 1.29 is 19.1 Å². The Morgan fingerprint density at radius 3 is 2.79 bits per heavy atom. The highest BCUT2D eigenvalue weighted by molar-refractivity contribution is 6.06. The number of rotatable bonds is 6. The standard InChI is InChI=1S/C33H45N5O4/c1-3-28(40)27-16-33-17-29(33)38(27)30(41)20-37-32-24(19-34-12-8-5-9-13-42-21-33)14-25(15-26(32)31(36-37)22(2)39)35-18-23-10-6-4-7-11-23/h5,9,14-15,23,27,29,34-35H,3-4,6-8,10-13,16-21H2,1-2H3/b9-5-/t27-,29+,33-/m0/s1. The van der Waals surface area contributed by atoms with Crippen molar-refractivity contribution in [2.75, 3.05) is 31.6 Å². The molecule has 226 valence electrons. The molecule has 1 aromatic heterocycles. The molecule has 3 fully saturated rings. The van der Waals surface area contributed by atoms with Gasteiger partial charge in [0, 0.05) is 49.0 Å². The van der Waals surface area contributed by atoms with Crippen LogP contribution >= 0.6 is 0 Å². The number of aromatic nitrogens is 2. The second-order valence-electron chi connectivity index (χ2n) is 12.9. The molecule has 3 heterocycles. The van der Waals surface area contributed by atoms with Crippen LogP contribution in [-0.2, 0) is 27.4 Å². The second kappa shape index (κ2) is 12.3. The van der Waals surface area contributed by atoms with Gasteiger partial charge in [0.15, 0.2) is 11.6 Å². The SMILES string of the molecule is CCC(=O)[C@@H]1C[C@]23COC/C=C\CCNCc4cc(NCC5CCCCC5)cc5c(C(C)=O)nn(c45)CC(=O)N1[C@@H]2C3. The molecular formula is C33H45N5O4. The lowest BCUT2D eigenvalue weighted by atomic mass is 9.89. The molecule has 0 unspecified atom stereocenters. The molecule has 4 aliphatic rings. The van der Waals surface area contributed by atoms with Crippen LogP contribution in [0.1, 0.15) is 87.7 Å². The number of nitrogens with zero attached hydrogens (tertiary/aromatic N) is 3. The minimum atomic E-state index is -0.426. The molecule has 2 aliphatic carbocycles. The number of ether oxygens (including phenoxy) is 1. The number of ketones is 2. The number of nitrogens with one attached hydrogen (secondary N) is 2. The maximum atomic E-state index is 14.0. The van der Waals surface area contributed by atoms with Gasteiger partial charge in [-0.05, 0) is 62.3 Å². The van der Waals surface area contributed by atoms with E-state index in [-0.39, 0.29) is 35.5 Å². The van der Waals surface area contributed by atoms with Crippen LogP contribution in [0.3, 0.4) is 0 Å². The Morgan fingerprint density at radius 2 is 2.00 bits per heavy atom. The van der Waals surface area contributed by atoms with Crippen LogP contribution < -0.4 is 10.6 Å². The molecule has 9 heteroatoms. The molecule has 2 aliphatic heterocycles. The maximum absolute atomic E-state index is 14.0. The van der Waals surface area contributed by atoms with Crippen LogP contribution in [0.2, 0.25) is 0 Å². The molecule has 0 spiro atoms. The zero-order valence-electron chi connectivity index (χ0n) is 25.1. The lowest BCUT2D eigenvalue weighted by Gasteiger charge is -2.26. The van der Waals surface area contributed by atoms with Crippen LogP contribution in [0.15, 0.2) is 24.3 Å². The fourth-order valence-corrected chi connectivity index (χ4v) is 7.51. The summed E-state index contributed by atoms with van der Waals surface area (Å²) in [6.07, 6.45) is 13.4. The van der Waals surface area contributed by atoms with Crippen molar-refractivity contribution in [2.45, 2.75) is 96.8 Å². The molecule has 42 heavy (non-hydrogen) atoms. The van der Waals surface area contributed by atoms with Crippen molar-refractivity contribution in [2.24, 2.45) is 11.3 Å². The first-order chi connectivity index (χ1) is 20.4. The number of hydrogen-bond donors (Lipinski definition) is 2. The third-order valence-corrected chi connectivity index (χ3v) is 9.86. The summed E-state index contributed by atoms with van der Waals surface area (Å²) in [7, 11) is 0. The van der Waals surface area contributed by atoms with Gasteiger partial charge in [-0.1, -0.05) is 38.3 Å². The van der Waals surface area contributed by atoms with E-state index in [4.69, 9.17) is 9.84 Å². The molecule has 2 saturated carbocycles. The minimum absolute atomic E-state index is 0.00584. The summed E-state index contributed by atoms with van der Waals surface area (Å²) in [5.74, 6) is 0.516. The lowest BCUT2D eigenvalue weighted by Crippen LogP contribution is -2.44. The number of anilines is 1. The monoisotopic (exact) mass is 575 g/mol. The van der Waals surface area contributed by atoms with Gasteiger partial charge in [0.1, 0.15) is 12.2 Å². The summed E-state index contributed by atoms with van der Waals surface area (Å²) < 4.78 is 7.73. The highest BCUT2D eigenvalue weighted by Gasteiger charge is 2.66. The van der Waals surface area contributed by atoms with Crippen molar-refractivity contribution in [1.82, 2.24) is 20.0 Å². The molecule has 2 aromatic rings. The molecule has 9 nitrogen and oxygen atoms in total. The fraction of sp³-hybridized carbons (Fsp3) is 0.636. The molecule has 6 rings (SSSR count). The summed E-state index contributed by atoms with van der Waals surface area (Å²) in [5, 5.41) is 12.7. The first-order valence-corrected chi connectivity index (χ1v) is 16.0. The number of piperidine rings is 1. The topological polar surface area (TPSA) is 106 Å². The second-order valence-corrected chi connectivity index (χ2v) is 12.9. The van der Waals surface area contributed by atoms with Gasteiger partial charge in [-0.25, -0.2) is 0 Å². The van der Waals surface area contributed by atoms with Crippen molar-refractivity contribution in [1.29, 1.82) is 0 Å². The zero-order chi connectivity index (χ0) is 29.3. The van der Waals surface area contributed by atoms with E-state index in [9.17, 15) is 14.4 Å². The van der Waals surface area contributed by atoms with Crippen LogP contribution in [0.25, 0.3) is 10.9 Å². The number of carbonyl (C=O) groups is 3. The first kappa shape index (κ1) is 29.1. The number of Topliss-reactive ketones (excluding diaryl/α,β-unsaturated/α-hetero) is 2. The van der Waals surface area contributed by atoms with Gasteiger partial charge in [0.05, 0.1) is 24.8 Å². The molecule has 1 amide bonds. The van der Waals surface area contributed by atoms with Crippen LogP contribution in [0, 0.1) is 11.3 Å². The van der Waals surface area contributed by atoms with Gasteiger partial charge in [0.25, 0.3) is 0 Å². The van der Waals surface area contributed by atoms with Crippen molar-refractivity contribution in [3.8, 4) is 0 Å². The van der Waals surface area contributed by atoms with Gasteiger partial charge >= 0.3 is 0 Å². The van der Waals surface area contributed by atoms with E-state index in [0.29, 0.717) is 44.2 Å². The van der Waals surface area contributed by atoms with Gasteiger partial charge in [-0.3, -0.25) is 19.1 Å². The van der Waals surface area contributed by atoms with E-state index in [0.717, 1.165) is 48.1 Å². The van der Waals surface area contributed by atoms with Gasteiger partial charge in [0.2, 0.25) is 5.91 Å². The Bertz CT molecular complexity index is 1380. The Hall–Kier alpha value is -3.04. The maximum Gasteiger partial charge on any atom is 0.245 e. The third-order valence-electron chi connectivity index (χ3n) is 9.86. The summed E-state index contributed by atoms with van der Waals surface area (Å²) in [5.41, 5.74) is 3.04. The summed E-state index contributed by atoms with van der Waals surface area (Å²) in [6, 6.07) is 3.76. The van der Waals surface area contributed by atoms with E-state index in [1.807, 2.05) is 17.9 Å². The molecule has 2 N–H and O–H groups in total. The molecular weight excluding hydrogens is 530 g/mol. The zero-order valence-corrected chi connectivity index (χ0v) is 25.1. The average molecular weight is 576 g/mol. The van der Waals surface area contributed by atoms with Crippen molar-refractivity contribution in [3.05, 3.63) is 35.5 Å². The van der Waals surface area contributed by atoms with E-state index in [2.05, 4.69) is 28.9 Å². The number of carbonyl (C=O) groups excluding carboxylic acids is 3. The number of amides is 1. The largest absolute Gasteiger partial charge is 0.385 e. The van der Waals surface area contributed by atoms with E-state index in [1.54, 1.807) is 4.68 Å². The Labute approximate surface area is 248 Å². The number of benzene rings is 1. The van der Waals surface area contributed by atoms with E-state index in [1.165, 1.54) is 39.0 Å². The quantitative estimate of drug-likeness (QED) is 0.382. The van der Waals surface area contributed by atoms with Crippen LogP contribution in [0.5, 0.6) is 0 Å². The molecule has 1 saturated heterocycles. The predicted octanol–water partition coefficient (Wildman–Crippen LogP) is 4.64. The smallest absolute Gasteiger partial charge is 0.245 e. The van der Waals surface area contributed by atoms with Crippen LogP contribution in [-0.4, -0.2) is 70.5 Å². The Balaban J connectivity index is 1.36. The third kappa shape index (κ3) is 5.78. The predicted molar refractivity (Wildman–Crippen MR) is 162 cm³/mol. The minimum Gasteiger partial charge on any atom is -0.385 e. The molecule has 0 radical (unpaired) electrons. The van der Waals surface area contributed by atoms with Crippen molar-refractivity contribution in [3.63, 3.8) is 0 Å². The molecule has 3 atom stereocenters. The van der Waals surface area contributed by atoms with Crippen molar-refractivity contribution >= 4 is 34.1 Å². The normalized spacial score (nSPS) is 27.9. The molecule has 1 aromatic carbocycles. The average Bonchev–Trinajstić information content (AvgIpc) is 3.40. The highest BCUT2D eigenvalue weighted by Crippen LogP contribution is 2.60. The van der Waals surface area contributed by atoms with Crippen LogP contribution in [0.4, 0.5) is 5.69 Å². The Kier molecular flexibility index (Phi) is 8.50. The van der Waals surface area contributed by atoms with Gasteiger partial charge in [-0.15, -0.1) is 0 Å². The van der Waals surface area contributed by atoms with Gasteiger partial charge < -0.3 is 20.3 Å². The summed E-state index contributed by atoms with van der Waals surface area (Å²) in [6.45, 7) is 6.78. The fourth-order valence-electron chi connectivity index (χ4n) is 7.51. The molecule has 2 bridgehead atoms. The highest BCUT2D eigenvalue weighted by atomic mass is 16.5. The first-order valence-electron chi connectivity index (χ1n) is 16.0. The lowest BCUT2D eigenvalue weighted by molar-refractivity contribution is -0.139. The van der Waals surface area contributed by atoms with Gasteiger partial charge in [-0.2, -0.15) is 5.10 Å². The Morgan fingerprint density at radius 1 is 1.17 bits per heavy atom. The van der Waals surface area contributed by atoms with E-state index < -0.39 is 6.04 Å². The number of hydrogen-bond acceptors (Lipinski definition) is 7.